The van der Waals surface area contributed by atoms with E-state index in [4.69, 9.17) is 4.74 Å². The number of rotatable bonds is 11. The topological polar surface area (TPSA) is 32.7 Å². The summed E-state index contributed by atoms with van der Waals surface area (Å²) in [5.74, 6) is 0.669. The van der Waals surface area contributed by atoms with Gasteiger partial charge in [0.2, 0.25) is 0 Å². The number of benzene rings is 1. The average Bonchev–Trinajstić information content (AvgIpc) is 3.06. The van der Waals surface area contributed by atoms with Gasteiger partial charge in [0.15, 0.2) is 0 Å². The number of ether oxygens (including phenoxy) is 1. The summed E-state index contributed by atoms with van der Waals surface area (Å²) in [6, 6.07) is 14.3. The Morgan fingerprint density at radius 2 is 1.92 bits per heavy atom. The fraction of sp³-hybridized carbons (Fsp3) is 0.500. The Morgan fingerprint density at radius 3 is 2.58 bits per heavy atom. The van der Waals surface area contributed by atoms with Crippen molar-refractivity contribution in [2.75, 3.05) is 19.7 Å². The molecule has 132 valence electrons. The summed E-state index contributed by atoms with van der Waals surface area (Å²) in [5, 5.41) is 12.4. The van der Waals surface area contributed by atoms with Gasteiger partial charge >= 0.3 is 0 Å². The van der Waals surface area contributed by atoms with Crippen molar-refractivity contribution in [1.29, 1.82) is 0 Å². The minimum atomic E-state index is -0.458. The first-order valence-electron chi connectivity index (χ1n) is 8.68. The molecule has 1 N–H and O–H groups in total. The third-order valence-corrected chi connectivity index (χ3v) is 4.73. The number of thiophene rings is 1. The highest BCUT2D eigenvalue weighted by atomic mass is 32.1. The second kappa shape index (κ2) is 10.6. The van der Waals surface area contributed by atoms with Crippen molar-refractivity contribution >= 4 is 11.3 Å². The fourth-order valence-electron chi connectivity index (χ4n) is 2.54. The maximum atomic E-state index is 10.3. The highest BCUT2D eigenvalue weighted by Gasteiger charge is 2.13. The van der Waals surface area contributed by atoms with E-state index in [0.29, 0.717) is 25.7 Å². The van der Waals surface area contributed by atoms with Crippen molar-refractivity contribution in [3.05, 3.63) is 58.3 Å². The molecule has 0 radical (unpaired) electrons. The molecule has 3 nitrogen and oxygen atoms in total. The molecule has 1 aromatic heterocycles. The number of aliphatic hydroxyl groups is 1. The van der Waals surface area contributed by atoms with Gasteiger partial charge in [-0.05, 0) is 35.9 Å². The summed E-state index contributed by atoms with van der Waals surface area (Å²) in [4.78, 5) is 3.68. The molecule has 0 saturated carbocycles. The van der Waals surface area contributed by atoms with E-state index in [0.717, 1.165) is 25.1 Å². The lowest BCUT2D eigenvalue weighted by Gasteiger charge is -2.25. The predicted octanol–water partition coefficient (Wildman–Crippen LogP) is 4.17. The smallest absolute Gasteiger partial charge is 0.0900 e. The van der Waals surface area contributed by atoms with E-state index in [2.05, 4.69) is 36.3 Å². The summed E-state index contributed by atoms with van der Waals surface area (Å²) in [5.41, 5.74) is 1.14. The minimum Gasteiger partial charge on any atom is -0.389 e. The fourth-order valence-corrected chi connectivity index (χ4v) is 3.28. The standard InChI is InChI=1S/C20H29NO2S/c1-17(2)10-11-21(14-20-9-6-12-24-20)13-19(22)16-23-15-18-7-4-3-5-8-18/h3-9,12,17,19,22H,10-11,13-16H2,1-2H3. The largest absolute Gasteiger partial charge is 0.389 e. The maximum Gasteiger partial charge on any atom is 0.0900 e. The van der Waals surface area contributed by atoms with Gasteiger partial charge in [-0.25, -0.2) is 0 Å². The summed E-state index contributed by atoms with van der Waals surface area (Å²) < 4.78 is 5.67. The molecule has 0 aliphatic rings. The quantitative estimate of drug-likeness (QED) is 0.662. The summed E-state index contributed by atoms with van der Waals surface area (Å²) >= 11 is 1.77. The molecular weight excluding hydrogens is 318 g/mol. The van der Waals surface area contributed by atoms with Gasteiger partial charge in [0.1, 0.15) is 0 Å². The molecule has 2 aromatic rings. The first-order chi connectivity index (χ1) is 11.6. The molecule has 0 aliphatic carbocycles. The van der Waals surface area contributed by atoms with Gasteiger partial charge in [0.05, 0.1) is 19.3 Å². The van der Waals surface area contributed by atoms with Crippen molar-refractivity contribution < 1.29 is 9.84 Å². The molecule has 4 heteroatoms. The van der Waals surface area contributed by atoms with E-state index < -0.39 is 6.10 Å². The van der Waals surface area contributed by atoms with Gasteiger partial charge in [-0.3, -0.25) is 4.90 Å². The molecule has 1 heterocycles. The van der Waals surface area contributed by atoms with Crippen LogP contribution in [-0.4, -0.2) is 35.8 Å². The second-order valence-electron chi connectivity index (χ2n) is 6.65. The van der Waals surface area contributed by atoms with E-state index >= 15 is 0 Å². The van der Waals surface area contributed by atoms with Gasteiger partial charge in [-0.15, -0.1) is 11.3 Å². The van der Waals surface area contributed by atoms with Gasteiger partial charge in [-0.2, -0.15) is 0 Å². The summed E-state index contributed by atoms with van der Waals surface area (Å²) in [7, 11) is 0. The lowest BCUT2D eigenvalue weighted by Crippen LogP contribution is -2.35. The molecule has 1 unspecified atom stereocenters. The number of hydrogen-bond acceptors (Lipinski definition) is 4. The lowest BCUT2D eigenvalue weighted by atomic mass is 10.1. The molecule has 0 amide bonds. The zero-order chi connectivity index (χ0) is 17.2. The highest BCUT2D eigenvalue weighted by Crippen LogP contribution is 2.14. The van der Waals surface area contributed by atoms with Crippen molar-refractivity contribution in [1.82, 2.24) is 4.90 Å². The van der Waals surface area contributed by atoms with Crippen LogP contribution in [0.5, 0.6) is 0 Å². The molecule has 1 aromatic carbocycles. The van der Waals surface area contributed by atoms with Crippen LogP contribution in [0.4, 0.5) is 0 Å². The predicted molar refractivity (Wildman–Crippen MR) is 101 cm³/mol. The molecule has 0 aliphatic heterocycles. The van der Waals surface area contributed by atoms with Gasteiger partial charge in [0.25, 0.3) is 0 Å². The Labute approximate surface area is 149 Å². The zero-order valence-electron chi connectivity index (χ0n) is 14.7. The number of aliphatic hydroxyl groups excluding tert-OH is 1. The molecule has 0 saturated heterocycles. The highest BCUT2D eigenvalue weighted by molar-refractivity contribution is 7.09. The molecule has 24 heavy (non-hydrogen) atoms. The van der Waals surface area contributed by atoms with Crippen LogP contribution in [0.3, 0.4) is 0 Å². The SMILES string of the molecule is CC(C)CCN(Cc1cccs1)CC(O)COCc1ccccc1. The number of nitrogens with zero attached hydrogens (tertiary/aromatic N) is 1. The van der Waals surface area contributed by atoms with Gasteiger partial charge < -0.3 is 9.84 Å². The third kappa shape index (κ3) is 7.58. The van der Waals surface area contributed by atoms with Gasteiger partial charge in [-0.1, -0.05) is 50.2 Å². The van der Waals surface area contributed by atoms with Crippen molar-refractivity contribution in [2.24, 2.45) is 5.92 Å². The van der Waals surface area contributed by atoms with Crippen molar-refractivity contribution in [3.8, 4) is 0 Å². The van der Waals surface area contributed by atoms with Crippen LogP contribution in [0.15, 0.2) is 47.8 Å². The first kappa shape index (κ1) is 19.1. The van der Waals surface area contributed by atoms with Crippen LogP contribution in [0.2, 0.25) is 0 Å². The van der Waals surface area contributed by atoms with Crippen molar-refractivity contribution in [3.63, 3.8) is 0 Å². The Kier molecular flexibility index (Phi) is 8.47. The molecule has 0 spiro atoms. The first-order valence-corrected chi connectivity index (χ1v) is 9.56. The molecule has 2 rings (SSSR count). The lowest BCUT2D eigenvalue weighted by molar-refractivity contribution is 0.00805. The Morgan fingerprint density at radius 1 is 1.12 bits per heavy atom. The maximum absolute atomic E-state index is 10.3. The Bertz CT molecular complexity index is 542. The van der Waals surface area contributed by atoms with E-state index in [-0.39, 0.29) is 0 Å². The second-order valence-corrected chi connectivity index (χ2v) is 7.68. The third-order valence-electron chi connectivity index (χ3n) is 3.87. The number of hydrogen-bond donors (Lipinski definition) is 1. The molecule has 0 fully saturated rings. The Hall–Kier alpha value is -1.20. The van der Waals surface area contributed by atoms with E-state index in [1.807, 2.05) is 30.3 Å². The molecule has 0 bridgehead atoms. The zero-order valence-corrected chi connectivity index (χ0v) is 15.5. The van der Waals surface area contributed by atoms with Crippen LogP contribution in [-0.2, 0) is 17.9 Å². The van der Waals surface area contributed by atoms with E-state index in [1.165, 1.54) is 4.88 Å². The van der Waals surface area contributed by atoms with Gasteiger partial charge in [0, 0.05) is 18.0 Å². The van der Waals surface area contributed by atoms with Crippen LogP contribution >= 0.6 is 11.3 Å². The summed E-state index contributed by atoms with van der Waals surface area (Å²) in [6.45, 7) is 7.96. The van der Waals surface area contributed by atoms with E-state index in [9.17, 15) is 5.11 Å². The van der Waals surface area contributed by atoms with Crippen LogP contribution in [0, 0.1) is 5.92 Å². The average molecular weight is 348 g/mol. The molecular formula is C20H29NO2S. The van der Waals surface area contributed by atoms with Crippen LogP contribution < -0.4 is 0 Å². The summed E-state index contributed by atoms with van der Waals surface area (Å²) in [6.07, 6.45) is 0.684. The monoisotopic (exact) mass is 347 g/mol. The normalized spacial score (nSPS) is 12.9. The molecule has 1 atom stereocenters. The van der Waals surface area contributed by atoms with E-state index in [1.54, 1.807) is 11.3 Å². The minimum absolute atomic E-state index is 0.373. The van der Waals surface area contributed by atoms with Crippen LogP contribution in [0.25, 0.3) is 0 Å². The van der Waals surface area contributed by atoms with Crippen molar-refractivity contribution in [2.45, 2.75) is 39.5 Å². The van der Waals surface area contributed by atoms with Crippen LogP contribution in [0.1, 0.15) is 30.7 Å². The Balaban J connectivity index is 1.76.